The van der Waals surface area contributed by atoms with Gasteiger partial charge in [-0.3, -0.25) is 0 Å². The molecule has 1 aliphatic rings. The van der Waals surface area contributed by atoms with Gasteiger partial charge >= 0.3 is 0 Å². The number of nitrogens with one attached hydrogen (secondary N) is 1. The van der Waals surface area contributed by atoms with E-state index in [1.807, 2.05) is 0 Å². The van der Waals surface area contributed by atoms with Gasteiger partial charge < -0.3 is 10.1 Å². The van der Waals surface area contributed by atoms with Crippen LogP contribution in [0.25, 0.3) is 0 Å². The second kappa shape index (κ2) is 4.77. The highest BCUT2D eigenvalue weighted by atomic mass is 16.5. The highest BCUT2D eigenvalue weighted by Crippen LogP contribution is 2.16. The summed E-state index contributed by atoms with van der Waals surface area (Å²) >= 11 is 0. The van der Waals surface area contributed by atoms with Crippen LogP contribution in [-0.4, -0.2) is 19.3 Å². The first kappa shape index (κ1) is 10.7. The highest BCUT2D eigenvalue weighted by molar-refractivity contribution is 5.23. The molecule has 15 heavy (non-hydrogen) atoms. The molecule has 0 amide bonds. The van der Waals surface area contributed by atoms with Crippen LogP contribution in [0.5, 0.6) is 0 Å². The predicted octanol–water partition coefficient (Wildman–Crippen LogP) is 2.43. The van der Waals surface area contributed by atoms with E-state index in [-0.39, 0.29) is 0 Å². The zero-order chi connectivity index (χ0) is 10.7. The number of rotatable bonds is 3. The lowest BCUT2D eigenvalue weighted by molar-refractivity contribution is 0.188. The number of benzene rings is 1. The van der Waals surface area contributed by atoms with Crippen molar-refractivity contribution < 1.29 is 4.74 Å². The van der Waals surface area contributed by atoms with Crippen LogP contribution in [-0.2, 0) is 4.74 Å². The average molecular weight is 205 g/mol. The first-order chi connectivity index (χ1) is 7.25. The van der Waals surface area contributed by atoms with Gasteiger partial charge in [-0.1, -0.05) is 29.8 Å². The van der Waals surface area contributed by atoms with Crippen molar-refractivity contribution in [3.05, 3.63) is 35.4 Å². The van der Waals surface area contributed by atoms with Gasteiger partial charge in [-0.05, 0) is 25.8 Å². The van der Waals surface area contributed by atoms with Gasteiger partial charge in [0.2, 0.25) is 0 Å². The van der Waals surface area contributed by atoms with Gasteiger partial charge in [0.1, 0.15) is 0 Å². The van der Waals surface area contributed by atoms with E-state index >= 15 is 0 Å². The van der Waals surface area contributed by atoms with Gasteiger partial charge in [-0.25, -0.2) is 0 Å². The maximum absolute atomic E-state index is 5.35. The van der Waals surface area contributed by atoms with Crippen molar-refractivity contribution >= 4 is 0 Å². The van der Waals surface area contributed by atoms with Crippen molar-refractivity contribution in [3.63, 3.8) is 0 Å². The lowest BCUT2D eigenvalue weighted by atomic mass is 10.1. The van der Waals surface area contributed by atoms with E-state index in [4.69, 9.17) is 4.74 Å². The molecule has 2 atom stereocenters. The Morgan fingerprint density at radius 1 is 1.33 bits per heavy atom. The summed E-state index contributed by atoms with van der Waals surface area (Å²) in [6, 6.07) is 9.67. The van der Waals surface area contributed by atoms with Crippen LogP contribution in [0.2, 0.25) is 0 Å². The van der Waals surface area contributed by atoms with Gasteiger partial charge in [0.15, 0.2) is 0 Å². The van der Waals surface area contributed by atoms with Gasteiger partial charge in [0.25, 0.3) is 0 Å². The number of hydrogen-bond donors (Lipinski definition) is 1. The van der Waals surface area contributed by atoms with E-state index < -0.39 is 0 Å². The van der Waals surface area contributed by atoms with E-state index in [0.29, 0.717) is 12.1 Å². The Kier molecular flexibility index (Phi) is 3.39. The second-order valence-electron chi connectivity index (χ2n) is 4.36. The Balaban J connectivity index is 1.94. The molecule has 0 aliphatic carbocycles. The number of hydrogen-bond acceptors (Lipinski definition) is 2. The minimum atomic E-state index is 0.414. The summed E-state index contributed by atoms with van der Waals surface area (Å²) in [5, 5.41) is 3.59. The lowest BCUT2D eigenvalue weighted by Crippen LogP contribution is -2.31. The summed E-state index contributed by atoms with van der Waals surface area (Å²) in [7, 11) is 0. The van der Waals surface area contributed by atoms with Crippen molar-refractivity contribution in [2.24, 2.45) is 0 Å². The summed E-state index contributed by atoms with van der Waals surface area (Å²) in [6.07, 6.45) is 1.14. The lowest BCUT2D eigenvalue weighted by Gasteiger charge is -2.18. The Labute approximate surface area is 91.6 Å². The molecule has 1 aromatic rings. The molecule has 2 unspecified atom stereocenters. The average Bonchev–Trinajstić information content (AvgIpc) is 2.71. The molecule has 1 fully saturated rings. The summed E-state index contributed by atoms with van der Waals surface area (Å²) < 4.78 is 5.35. The molecule has 0 saturated carbocycles. The molecule has 2 heteroatoms. The molecule has 1 aliphatic heterocycles. The minimum absolute atomic E-state index is 0.414. The maximum Gasteiger partial charge on any atom is 0.0620 e. The third kappa shape index (κ3) is 2.80. The zero-order valence-corrected chi connectivity index (χ0v) is 9.49. The minimum Gasteiger partial charge on any atom is -0.380 e. The zero-order valence-electron chi connectivity index (χ0n) is 9.49. The molecule has 0 radical (unpaired) electrons. The standard InChI is InChI=1S/C13H19NO/c1-10-3-5-12(6-4-10)11(2)14-13-7-8-15-9-13/h3-6,11,13-14H,7-9H2,1-2H3. The summed E-state index contributed by atoms with van der Waals surface area (Å²) in [6.45, 7) is 6.09. The van der Waals surface area contributed by atoms with Crippen LogP contribution >= 0.6 is 0 Å². The normalized spacial score (nSPS) is 22.9. The molecular formula is C13H19NO. The molecule has 1 aromatic carbocycles. The van der Waals surface area contributed by atoms with Crippen molar-refractivity contribution in [2.45, 2.75) is 32.4 Å². The Morgan fingerprint density at radius 2 is 2.07 bits per heavy atom. The molecule has 1 heterocycles. The predicted molar refractivity (Wildman–Crippen MR) is 62.0 cm³/mol. The molecular weight excluding hydrogens is 186 g/mol. The number of aryl methyl sites for hydroxylation is 1. The van der Waals surface area contributed by atoms with Crippen LogP contribution in [0.15, 0.2) is 24.3 Å². The fraction of sp³-hybridized carbons (Fsp3) is 0.538. The molecule has 0 aromatic heterocycles. The van der Waals surface area contributed by atoms with Crippen molar-refractivity contribution in [2.75, 3.05) is 13.2 Å². The van der Waals surface area contributed by atoms with Gasteiger partial charge in [0, 0.05) is 18.7 Å². The highest BCUT2D eigenvalue weighted by Gasteiger charge is 2.17. The van der Waals surface area contributed by atoms with Crippen LogP contribution in [0.3, 0.4) is 0 Å². The second-order valence-corrected chi connectivity index (χ2v) is 4.36. The smallest absolute Gasteiger partial charge is 0.0620 e. The quantitative estimate of drug-likeness (QED) is 0.818. The first-order valence-corrected chi connectivity index (χ1v) is 5.66. The maximum atomic E-state index is 5.35. The molecule has 82 valence electrons. The summed E-state index contributed by atoms with van der Waals surface area (Å²) in [5.41, 5.74) is 2.67. The van der Waals surface area contributed by atoms with E-state index in [0.717, 1.165) is 19.6 Å². The van der Waals surface area contributed by atoms with E-state index in [9.17, 15) is 0 Å². The molecule has 0 bridgehead atoms. The Hall–Kier alpha value is -0.860. The van der Waals surface area contributed by atoms with Crippen LogP contribution in [0.1, 0.15) is 30.5 Å². The third-order valence-electron chi connectivity index (χ3n) is 2.99. The summed E-state index contributed by atoms with van der Waals surface area (Å²) in [5.74, 6) is 0. The molecule has 1 saturated heterocycles. The van der Waals surface area contributed by atoms with Crippen molar-refractivity contribution in [1.29, 1.82) is 0 Å². The van der Waals surface area contributed by atoms with Crippen LogP contribution < -0.4 is 5.32 Å². The van der Waals surface area contributed by atoms with Crippen molar-refractivity contribution in [1.82, 2.24) is 5.32 Å². The topological polar surface area (TPSA) is 21.3 Å². The van der Waals surface area contributed by atoms with E-state index in [1.54, 1.807) is 0 Å². The fourth-order valence-electron chi connectivity index (χ4n) is 1.97. The largest absolute Gasteiger partial charge is 0.380 e. The molecule has 2 rings (SSSR count). The van der Waals surface area contributed by atoms with Crippen LogP contribution in [0.4, 0.5) is 0 Å². The first-order valence-electron chi connectivity index (χ1n) is 5.66. The van der Waals surface area contributed by atoms with Gasteiger partial charge in [0.05, 0.1) is 6.61 Å². The van der Waals surface area contributed by atoms with E-state index in [1.165, 1.54) is 11.1 Å². The van der Waals surface area contributed by atoms with Crippen molar-refractivity contribution in [3.8, 4) is 0 Å². The van der Waals surface area contributed by atoms with Gasteiger partial charge in [-0.15, -0.1) is 0 Å². The third-order valence-corrected chi connectivity index (χ3v) is 2.99. The molecule has 1 N–H and O–H groups in total. The summed E-state index contributed by atoms with van der Waals surface area (Å²) in [4.78, 5) is 0. The molecule has 2 nitrogen and oxygen atoms in total. The monoisotopic (exact) mass is 205 g/mol. The van der Waals surface area contributed by atoms with E-state index in [2.05, 4.69) is 43.4 Å². The Bertz CT molecular complexity index is 301. The Morgan fingerprint density at radius 3 is 2.67 bits per heavy atom. The van der Waals surface area contributed by atoms with Crippen LogP contribution in [0, 0.1) is 6.92 Å². The number of ether oxygens (including phenoxy) is 1. The van der Waals surface area contributed by atoms with Gasteiger partial charge in [-0.2, -0.15) is 0 Å². The SMILES string of the molecule is Cc1ccc(C(C)NC2CCOC2)cc1. The fourth-order valence-corrected chi connectivity index (χ4v) is 1.97. The molecule has 0 spiro atoms.